The second kappa shape index (κ2) is 6.49. The van der Waals surface area contributed by atoms with E-state index in [0.717, 1.165) is 28.7 Å². The van der Waals surface area contributed by atoms with Crippen molar-refractivity contribution in [2.24, 2.45) is 0 Å². The van der Waals surface area contributed by atoms with Gasteiger partial charge in [-0.25, -0.2) is 4.39 Å². The molecule has 1 aromatic carbocycles. The van der Waals surface area contributed by atoms with Crippen molar-refractivity contribution < 1.29 is 9.18 Å². The van der Waals surface area contributed by atoms with Crippen molar-refractivity contribution in [2.75, 3.05) is 5.75 Å². The molecular weight excluding hydrogens is 345 g/mol. The third kappa shape index (κ3) is 3.14. The van der Waals surface area contributed by atoms with Gasteiger partial charge < -0.3 is 0 Å². The number of hydrogen-bond donors (Lipinski definition) is 0. The zero-order valence-corrected chi connectivity index (χ0v) is 14.3. The summed E-state index contributed by atoms with van der Waals surface area (Å²) >= 11 is 2.99. The topological polar surface area (TPSA) is 47.8 Å². The molecule has 1 fully saturated rings. The van der Waals surface area contributed by atoms with Crippen LogP contribution in [-0.4, -0.2) is 26.3 Å². The van der Waals surface area contributed by atoms with E-state index in [2.05, 4.69) is 14.8 Å². The predicted molar refractivity (Wildman–Crippen MR) is 93.1 cm³/mol. The van der Waals surface area contributed by atoms with E-state index < -0.39 is 5.82 Å². The molecule has 4 nitrogen and oxygen atoms in total. The van der Waals surface area contributed by atoms with Crippen molar-refractivity contribution in [1.82, 2.24) is 14.8 Å². The molecule has 2 heterocycles. The van der Waals surface area contributed by atoms with Crippen LogP contribution in [0.15, 0.2) is 46.9 Å². The molecule has 0 bridgehead atoms. The largest absolute Gasteiger partial charge is 0.298 e. The van der Waals surface area contributed by atoms with Gasteiger partial charge in [-0.3, -0.25) is 9.36 Å². The Morgan fingerprint density at radius 1 is 1.29 bits per heavy atom. The maximum atomic E-state index is 13.2. The molecule has 7 heteroatoms. The minimum Gasteiger partial charge on any atom is -0.298 e. The van der Waals surface area contributed by atoms with Gasteiger partial charge in [-0.2, -0.15) is 0 Å². The smallest absolute Gasteiger partial charge is 0.192 e. The van der Waals surface area contributed by atoms with E-state index in [4.69, 9.17) is 0 Å². The van der Waals surface area contributed by atoms with Crippen LogP contribution in [0.1, 0.15) is 29.2 Å². The van der Waals surface area contributed by atoms with Crippen LogP contribution in [-0.2, 0) is 0 Å². The van der Waals surface area contributed by atoms with Gasteiger partial charge in [0.15, 0.2) is 16.8 Å². The summed E-state index contributed by atoms with van der Waals surface area (Å²) in [5.41, 5.74) is 0.387. The van der Waals surface area contributed by atoms with Crippen LogP contribution in [0.4, 0.5) is 4.39 Å². The number of ketones is 1. The molecule has 4 rings (SSSR count). The van der Waals surface area contributed by atoms with Gasteiger partial charge in [-0.1, -0.05) is 30.0 Å². The number of benzene rings is 1. The number of thiophene rings is 1. The Hall–Kier alpha value is -1.99. The van der Waals surface area contributed by atoms with Gasteiger partial charge in [0.2, 0.25) is 0 Å². The van der Waals surface area contributed by atoms with E-state index in [1.165, 1.54) is 23.9 Å². The van der Waals surface area contributed by atoms with Crippen molar-refractivity contribution in [1.29, 1.82) is 0 Å². The van der Waals surface area contributed by atoms with Gasteiger partial charge in [0.1, 0.15) is 5.82 Å². The van der Waals surface area contributed by atoms with E-state index in [1.807, 2.05) is 17.5 Å². The lowest BCUT2D eigenvalue weighted by molar-refractivity contribution is 0.102. The van der Waals surface area contributed by atoms with Crippen LogP contribution in [0.25, 0.3) is 10.7 Å². The minimum absolute atomic E-state index is 0.109. The maximum absolute atomic E-state index is 13.2. The summed E-state index contributed by atoms with van der Waals surface area (Å²) in [6, 6.07) is 10.2. The highest BCUT2D eigenvalue weighted by atomic mass is 32.2. The SMILES string of the molecule is O=C(CSc1nnc(-c2cccs2)n1C1CC1)c1cccc(F)c1. The quantitative estimate of drug-likeness (QED) is 0.482. The van der Waals surface area contributed by atoms with Gasteiger partial charge in [0, 0.05) is 11.6 Å². The molecule has 3 aromatic rings. The van der Waals surface area contributed by atoms with Gasteiger partial charge >= 0.3 is 0 Å². The monoisotopic (exact) mass is 359 g/mol. The summed E-state index contributed by atoms with van der Waals surface area (Å²) in [5, 5.41) is 11.4. The zero-order valence-electron chi connectivity index (χ0n) is 12.7. The molecule has 0 spiro atoms. The summed E-state index contributed by atoms with van der Waals surface area (Å²) in [7, 11) is 0. The number of carbonyl (C=O) groups excluding carboxylic acids is 1. The highest BCUT2D eigenvalue weighted by Crippen LogP contribution is 2.41. The van der Waals surface area contributed by atoms with E-state index in [9.17, 15) is 9.18 Å². The van der Waals surface area contributed by atoms with Crippen molar-refractivity contribution in [3.8, 4) is 10.7 Å². The average molecular weight is 359 g/mol. The molecular formula is C17H14FN3OS2. The molecule has 0 amide bonds. The molecule has 0 N–H and O–H groups in total. The average Bonchev–Trinajstić information content (AvgIpc) is 3.11. The van der Waals surface area contributed by atoms with Gasteiger partial charge in [0.05, 0.1) is 10.6 Å². The fourth-order valence-electron chi connectivity index (χ4n) is 2.49. The van der Waals surface area contributed by atoms with Gasteiger partial charge in [0.25, 0.3) is 0 Å². The molecule has 1 aliphatic carbocycles. The fraction of sp³-hybridized carbons (Fsp3) is 0.235. The lowest BCUT2D eigenvalue weighted by Gasteiger charge is -2.07. The molecule has 24 heavy (non-hydrogen) atoms. The third-order valence-electron chi connectivity index (χ3n) is 3.80. The summed E-state index contributed by atoms with van der Waals surface area (Å²) in [6.07, 6.45) is 2.23. The Labute approximate surface area is 146 Å². The molecule has 1 aliphatic rings. The Bertz CT molecular complexity index is 872. The highest BCUT2D eigenvalue weighted by Gasteiger charge is 2.30. The predicted octanol–water partition coefficient (Wildman–Crippen LogP) is 4.46. The van der Waals surface area contributed by atoms with Crippen molar-refractivity contribution >= 4 is 28.9 Å². The Balaban J connectivity index is 1.54. The molecule has 1 saturated carbocycles. The lowest BCUT2D eigenvalue weighted by atomic mass is 10.1. The number of rotatable bonds is 6. The standard InChI is InChI=1S/C17H14FN3OS2/c18-12-4-1-3-11(9-12)14(22)10-24-17-20-19-16(15-5-2-8-23-15)21(17)13-6-7-13/h1-5,8-9,13H,6-7,10H2. The van der Waals surface area contributed by atoms with Crippen LogP contribution in [0.5, 0.6) is 0 Å². The number of carbonyl (C=O) groups is 1. The van der Waals surface area contributed by atoms with Gasteiger partial charge in [-0.05, 0) is 36.4 Å². The summed E-state index contributed by atoms with van der Waals surface area (Å²) < 4.78 is 15.4. The minimum atomic E-state index is -0.396. The molecule has 0 saturated heterocycles. The Morgan fingerprint density at radius 2 is 2.17 bits per heavy atom. The van der Waals surface area contributed by atoms with Crippen molar-refractivity contribution in [3.05, 3.63) is 53.2 Å². The molecule has 0 atom stereocenters. The number of nitrogens with zero attached hydrogens (tertiary/aromatic N) is 3. The summed E-state index contributed by atoms with van der Waals surface area (Å²) in [6.45, 7) is 0. The lowest BCUT2D eigenvalue weighted by Crippen LogP contribution is -2.05. The van der Waals surface area contributed by atoms with Crippen LogP contribution < -0.4 is 0 Å². The number of hydrogen-bond acceptors (Lipinski definition) is 5. The van der Waals surface area contributed by atoms with Crippen molar-refractivity contribution in [3.63, 3.8) is 0 Å². The first-order valence-corrected chi connectivity index (χ1v) is 9.49. The first-order chi connectivity index (χ1) is 11.7. The third-order valence-corrected chi connectivity index (χ3v) is 5.61. The Morgan fingerprint density at radius 3 is 2.88 bits per heavy atom. The maximum Gasteiger partial charge on any atom is 0.192 e. The normalized spacial score (nSPS) is 14.0. The fourth-order valence-corrected chi connectivity index (χ4v) is 4.09. The van der Waals surface area contributed by atoms with Gasteiger partial charge in [-0.15, -0.1) is 21.5 Å². The Kier molecular flexibility index (Phi) is 4.20. The van der Waals surface area contributed by atoms with E-state index in [0.29, 0.717) is 11.6 Å². The van der Waals surface area contributed by atoms with Crippen molar-refractivity contribution in [2.45, 2.75) is 24.0 Å². The number of aromatic nitrogens is 3. The van der Waals surface area contributed by atoms with Crippen LogP contribution in [0, 0.1) is 5.82 Å². The summed E-state index contributed by atoms with van der Waals surface area (Å²) in [5.74, 6) is 0.585. The zero-order chi connectivity index (χ0) is 16.5. The van der Waals surface area contributed by atoms with Crippen LogP contribution >= 0.6 is 23.1 Å². The summed E-state index contributed by atoms with van der Waals surface area (Å²) in [4.78, 5) is 13.3. The first-order valence-electron chi connectivity index (χ1n) is 7.63. The molecule has 2 aromatic heterocycles. The first kappa shape index (κ1) is 15.5. The second-order valence-electron chi connectivity index (χ2n) is 5.61. The molecule has 0 radical (unpaired) electrons. The number of Topliss-reactive ketones (excluding diaryl/α,β-unsaturated/α-hetero) is 1. The van der Waals surface area contributed by atoms with Crippen LogP contribution in [0.3, 0.4) is 0 Å². The highest BCUT2D eigenvalue weighted by molar-refractivity contribution is 7.99. The molecule has 0 unspecified atom stereocenters. The van der Waals surface area contributed by atoms with E-state index in [-0.39, 0.29) is 11.5 Å². The van der Waals surface area contributed by atoms with E-state index in [1.54, 1.807) is 23.5 Å². The van der Waals surface area contributed by atoms with E-state index >= 15 is 0 Å². The number of halogens is 1. The molecule has 122 valence electrons. The van der Waals surface area contributed by atoms with Crippen LogP contribution in [0.2, 0.25) is 0 Å². The molecule has 0 aliphatic heterocycles. The second-order valence-corrected chi connectivity index (χ2v) is 7.50. The number of thioether (sulfide) groups is 1.